The van der Waals surface area contributed by atoms with E-state index in [1.807, 2.05) is 0 Å². The maximum absolute atomic E-state index is 11.8. The number of aliphatic hydroxyl groups excluding tert-OH is 1. The van der Waals surface area contributed by atoms with Crippen molar-refractivity contribution in [2.75, 3.05) is 6.61 Å². The predicted octanol–water partition coefficient (Wildman–Crippen LogP) is 1.95. The summed E-state index contributed by atoms with van der Waals surface area (Å²) < 4.78 is 16.9. The number of hydrogen-bond donors (Lipinski definition) is 2. The number of rotatable bonds is 6. The number of Topliss-reactive ketones (excluding diaryl/α,β-unsaturated/α-hetero) is 1. The van der Waals surface area contributed by atoms with Crippen molar-refractivity contribution in [3.8, 4) is 5.75 Å². The molecule has 0 saturated carbocycles. The van der Waals surface area contributed by atoms with Gasteiger partial charge in [0, 0.05) is 11.2 Å². The van der Waals surface area contributed by atoms with Gasteiger partial charge in [-0.3, -0.25) is 4.79 Å². The van der Waals surface area contributed by atoms with Gasteiger partial charge in [-0.25, -0.2) is 9.65 Å². The molecule has 0 aliphatic heterocycles. The lowest BCUT2D eigenvalue weighted by Crippen LogP contribution is -2.33. The van der Waals surface area contributed by atoms with Crippen molar-refractivity contribution in [1.82, 2.24) is 5.09 Å². The van der Waals surface area contributed by atoms with Crippen LogP contribution >= 0.6 is 18.1 Å². The zero-order valence-electron chi connectivity index (χ0n) is 9.17. The summed E-state index contributed by atoms with van der Waals surface area (Å²) in [5.74, 6) is -0.176. The molecule has 5 nitrogen and oxygen atoms in total. The zero-order valence-corrected chi connectivity index (χ0v) is 10.8. The Morgan fingerprint density at radius 3 is 2.65 bits per heavy atom. The SMILES string of the molecule is C[C@H](NP(=O)(Cl)Oc1ccccc1)C(=O)CO. The number of hydrogen-bond acceptors (Lipinski definition) is 4. The van der Waals surface area contributed by atoms with Gasteiger partial charge in [-0.1, -0.05) is 18.2 Å². The minimum absolute atomic E-state index is 0.335. The van der Waals surface area contributed by atoms with E-state index >= 15 is 0 Å². The highest BCUT2D eigenvalue weighted by Gasteiger charge is 2.26. The van der Waals surface area contributed by atoms with Crippen LogP contribution in [-0.2, 0) is 9.36 Å². The molecule has 2 atom stereocenters. The molecule has 0 bridgehead atoms. The van der Waals surface area contributed by atoms with Crippen LogP contribution in [0.4, 0.5) is 0 Å². The average molecular weight is 278 g/mol. The van der Waals surface area contributed by atoms with Crippen LogP contribution in [0.3, 0.4) is 0 Å². The van der Waals surface area contributed by atoms with Crippen LogP contribution in [0.2, 0.25) is 0 Å². The van der Waals surface area contributed by atoms with E-state index in [-0.39, 0.29) is 0 Å². The molecule has 0 aliphatic rings. The Balaban J connectivity index is 2.63. The first-order valence-electron chi connectivity index (χ1n) is 4.90. The van der Waals surface area contributed by atoms with Gasteiger partial charge in [0.25, 0.3) is 0 Å². The average Bonchev–Trinajstić information content (AvgIpc) is 2.27. The third-order valence-electron chi connectivity index (χ3n) is 1.95. The van der Waals surface area contributed by atoms with Crippen molar-refractivity contribution < 1.29 is 19.0 Å². The Morgan fingerprint density at radius 2 is 2.12 bits per heavy atom. The summed E-state index contributed by atoms with van der Waals surface area (Å²) >= 11 is 5.66. The molecule has 0 aliphatic carbocycles. The molecule has 1 rings (SSSR count). The normalized spacial score (nSPS) is 15.9. The van der Waals surface area contributed by atoms with Gasteiger partial charge in [-0.2, -0.15) is 0 Å². The molecule has 0 aromatic heterocycles. The molecular formula is C10H13ClNO4P. The fourth-order valence-corrected chi connectivity index (χ4v) is 2.81. The molecule has 94 valence electrons. The van der Waals surface area contributed by atoms with Gasteiger partial charge in [0.05, 0.1) is 6.04 Å². The highest BCUT2D eigenvalue weighted by atomic mass is 35.7. The first-order chi connectivity index (χ1) is 7.94. The molecule has 1 unspecified atom stereocenters. The van der Waals surface area contributed by atoms with Crippen LogP contribution in [-0.4, -0.2) is 23.5 Å². The molecule has 0 fully saturated rings. The summed E-state index contributed by atoms with van der Waals surface area (Å²) in [7, 11) is 0. The molecular weight excluding hydrogens is 265 g/mol. The zero-order chi connectivity index (χ0) is 12.9. The van der Waals surface area contributed by atoms with Crippen LogP contribution in [0.15, 0.2) is 30.3 Å². The third-order valence-corrected chi connectivity index (χ3v) is 3.59. The molecule has 0 spiro atoms. The standard InChI is InChI=1S/C10H13ClNO4P/c1-8(10(14)7-13)12-17(11,15)16-9-5-3-2-4-6-9/h2-6,8,13H,7H2,1H3,(H,12,15)/t8-,17?/m0/s1. The van der Waals surface area contributed by atoms with Crippen LogP contribution < -0.4 is 9.61 Å². The lowest BCUT2D eigenvalue weighted by atomic mass is 10.2. The van der Waals surface area contributed by atoms with Gasteiger partial charge in [0.2, 0.25) is 0 Å². The summed E-state index contributed by atoms with van der Waals surface area (Å²) in [6.07, 6.45) is 0. The van der Waals surface area contributed by atoms with Crippen molar-refractivity contribution >= 4 is 23.9 Å². The minimum Gasteiger partial charge on any atom is -0.422 e. The van der Waals surface area contributed by atoms with Gasteiger partial charge in [0.1, 0.15) is 12.4 Å². The molecule has 2 N–H and O–H groups in total. The van der Waals surface area contributed by atoms with Crippen LogP contribution in [0, 0.1) is 0 Å². The van der Waals surface area contributed by atoms with E-state index in [1.54, 1.807) is 30.3 Å². The highest BCUT2D eigenvalue weighted by molar-refractivity contribution is 7.84. The van der Waals surface area contributed by atoms with E-state index in [9.17, 15) is 9.36 Å². The van der Waals surface area contributed by atoms with E-state index in [0.717, 1.165) is 0 Å². The van der Waals surface area contributed by atoms with E-state index in [1.165, 1.54) is 6.92 Å². The third kappa shape index (κ3) is 4.88. The number of benzene rings is 1. The molecule has 17 heavy (non-hydrogen) atoms. The number of carbonyl (C=O) groups is 1. The van der Waals surface area contributed by atoms with E-state index in [0.29, 0.717) is 5.75 Å². The second-order valence-electron chi connectivity index (χ2n) is 3.36. The second-order valence-corrected chi connectivity index (χ2v) is 6.09. The lowest BCUT2D eigenvalue weighted by Gasteiger charge is -2.17. The molecule has 0 amide bonds. The number of nitrogens with one attached hydrogen (secondary N) is 1. The molecule has 1 aromatic rings. The van der Waals surface area contributed by atoms with E-state index in [2.05, 4.69) is 5.09 Å². The second kappa shape index (κ2) is 6.17. The quantitative estimate of drug-likeness (QED) is 0.777. The summed E-state index contributed by atoms with van der Waals surface area (Å²) in [5, 5.41) is 11.0. The molecule has 0 heterocycles. The summed E-state index contributed by atoms with van der Waals surface area (Å²) in [6.45, 7) is -2.84. The van der Waals surface area contributed by atoms with Crippen molar-refractivity contribution in [1.29, 1.82) is 0 Å². The van der Waals surface area contributed by atoms with E-state index in [4.69, 9.17) is 20.9 Å². The van der Waals surface area contributed by atoms with Gasteiger partial charge < -0.3 is 9.63 Å². The molecule has 0 saturated heterocycles. The first kappa shape index (κ1) is 14.2. The number of carbonyl (C=O) groups excluding carboxylic acids is 1. The van der Waals surface area contributed by atoms with Crippen LogP contribution in [0.1, 0.15) is 6.92 Å². The Kier molecular flexibility index (Phi) is 5.15. The summed E-state index contributed by atoms with van der Waals surface area (Å²) in [6, 6.07) is 7.53. The Hall–Kier alpha value is -0.870. The summed E-state index contributed by atoms with van der Waals surface area (Å²) in [4.78, 5) is 11.1. The predicted molar refractivity (Wildman–Crippen MR) is 65.2 cm³/mol. The van der Waals surface area contributed by atoms with E-state index < -0.39 is 25.3 Å². The number of para-hydroxylation sites is 1. The van der Waals surface area contributed by atoms with Crippen LogP contribution in [0.25, 0.3) is 0 Å². The maximum atomic E-state index is 11.8. The molecule has 1 aromatic carbocycles. The monoisotopic (exact) mass is 277 g/mol. The molecule has 7 heteroatoms. The van der Waals surface area contributed by atoms with Crippen molar-refractivity contribution in [3.63, 3.8) is 0 Å². The minimum atomic E-state index is -3.65. The highest BCUT2D eigenvalue weighted by Crippen LogP contribution is 2.48. The number of halogens is 1. The van der Waals surface area contributed by atoms with Crippen molar-refractivity contribution in [3.05, 3.63) is 30.3 Å². The van der Waals surface area contributed by atoms with Gasteiger partial charge >= 0.3 is 6.87 Å². The Bertz CT molecular complexity index is 426. The van der Waals surface area contributed by atoms with Crippen LogP contribution in [0.5, 0.6) is 5.75 Å². The Labute approximate surface area is 104 Å². The topological polar surface area (TPSA) is 75.6 Å². The maximum Gasteiger partial charge on any atom is 0.409 e. The summed E-state index contributed by atoms with van der Waals surface area (Å²) in [5.41, 5.74) is 0. The van der Waals surface area contributed by atoms with Crippen molar-refractivity contribution in [2.24, 2.45) is 0 Å². The smallest absolute Gasteiger partial charge is 0.409 e. The van der Waals surface area contributed by atoms with Gasteiger partial charge in [-0.05, 0) is 19.1 Å². The lowest BCUT2D eigenvalue weighted by molar-refractivity contribution is -0.123. The Morgan fingerprint density at radius 1 is 1.53 bits per heavy atom. The largest absolute Gasteiger partial charge is 0.422 e. The number of ketones is 1. The fraction of sp³-hybridized carbons (Fsp3) is 0.300. The molecule has 0 radical (unpaired) electrons. The fourth-order valence-electron chi connectivity index (χ4n) is 1.08. The van der Waals surface area contributed by atoms with Gasteiger partial charge in [-0.15, -0.1) is 0 Å². The number of aliphatic hydroxyl groups is 1. The first-order valence-corrected chi connectivity index (χ1v) is 7.43. The van der Waals surface area contributed by atoms with Gasteiger partial charge in [0.15, 0.2) is 5.78 Å². The van der Waals surface area contributed by atoms with Crippen molar-refractivity contribution in [2.45, 2.75) is 13.0 Å².